The monoisotopic (exact) mass is 504 g/mol. The molecule has 4 heterocycles. The summed E-state index contributed by atoms with van der Waals surface area (Å²) in [6.45, 7) is 7.83. The number of hydrogen-bond acceptors (Lipinski definition) is 10. The highest BCUT2D eigenvalue weighted by molar-refractivity contribution is 5.70. The van der Waals surface area contributed by atoms with E-state index in [9.17, 15) is 4.79 Å². The van der Waals surface area contributed by atoms with Gasteiger partial charge < -0.3 is 35.3 Å². The molecule has 0 spiro atoms. The average molecular weight is 505 g/mol. The molecule has 0 radical (unpaired) electrons. The lowest BCUT2D eigenvalue weighted by molar-refractivity contribution is -0.108. The van der Waals surface area contributed by atoms with Crippen molar-refractivity contribution in [3.8, 4) is 5.88 Å². The lowest BCUT2D eigenvalue weighted by Crippen LogP contribution is -2.32. The van der Waals surface area contributed by atoms with Crippen molar-refractivity contribution in [2.45, 2.75) is 26.8 Å². The van der Waals surface area contributed by atoms with E-state index in [2.05, 4.69) is 56.8 Å². The molecule has 37 heavy (non-hydrogen) atoms. The lowest BCUT2D eigenvalue weighted by atomic mass is 10.0. The molecule has 0 amide bonds. The van der Waals surface area contributed by atoms with E-state index in [0.29, 0.717) is 25.0 Å². The fourth-order valence-corrected chi connectivity index (χ4v) is 4.40. The number of nitrogens with zero attached hydrogens (tertiary/aromatic N) is 5. The van der Waals surface area contributed by atoms with Gasteiger partial charge in [0.2, 0.25) is 11.8 Å². The van der Waals surface area contributed by atoms with E-state index in [4.69, 9.17) is 9.72 Å². The van der Waals surface area contributed by atoms with Gasteiger partial charge in [-0.3, -0.25) is 0 Å². The first-order chi connectivity index (χ1) is 17.9. The zero-order valence-corrected chi connectivity index (χ0v) is 22.3. The van der Waals surface area contributed by atoms with Crippen LogP contribution >= 0.6 is 0 Å². The second-order valence-electron chi connectivity index (χ2n) is 9.39. The van der Waals surface area contributed by atoms with Crippen LogP contribution in [0.3, 0.4) is 0 Å². The van der Waals surface area contributed by atoms with E-state index in [1.165, 1.54) is 16.7 Å². The van der Waals surface area contributed by atoms with Gasteiger partial charge in [0.1, 0.15) is 18.6 Å². The van der Waals surface area contributed by atoms with Gasteiger partial charge in [-0.05, 0) is 63.7 Å². The van der Waals surface area contributed by atoms with Crippen LogP contribution in [0.2, 0.25) is 0 Å². The van der Waals surface area contributed by atoms with Crippen molar-refractivity contribution in [2.24, 2.45) is 0 Å². The van der Waals surface area contributed by atoms with Crippen molar-refractivity contribution >= 4 is 35.0 Å². The Labute approximate surface area is 218 Å². The van der Waals surface area contributed by atoms with Crippen LogP contribution in [0.1, 0.15) is 22.4 Å². The Balaban J connectivity index is 0.000000480. The summed E-state index contributed by atoms with van der Waals surface area (Å²) in [6.07, 6.45) is 5.65. The van der Waals surface area contributed by atoms with Crippen molar-refractivity contribution in [1.82, 2.24) is 19.9 Å². The number of aromatic nitrogens is 3. The van der Waals surface area contributed by atoms with Gasteiger partial charge in [0, 0.05) is 43.3 Å². The van der Waals surface area contributed by atoms with Crippen molar-refractivity contribution < 1.29 is 9.53 Å². The summed E-state index contributed by atoms with van der Waals surface area (Å²) < 4.78 is 5.67. The SMILES string of the molecule is CN(C)CC=O.CNc1ccc(Nc2ncc3c(n2)CN(c2cnc4c(c2C)NCCO4)CC3)cc1C. The van der Waals surface area contributed by atoms with Gasteiger partial charge in [0.15, 0.2) is 0 Å². The molecule has 0 bridgehead atoms. The van der Waals surface area contributed by atoms with Crippen molar-refractivity contribution in [1.29, 1.82) is 0 Å². The molecular weight excluding hydrogens is 468 g/mol. The molecule has 10 heteroatoms. The van der Waals surface area contributed by atoms with E-state index in [0.717, 1.165) is 60.8 Å². The zero-order valence-electron chi connectivity index (χ0n) is 22.3. The molecule has 3 aromatic rings. The summed E-state index contributed by atoms with van der Waals surface area (Å²) in [6, 6.07) is 6.19. The number of benzene rings is 1. The predicted octanol–water partition coefficient (Wildman–Crippen LogP) is 3.39. The molecule has 1 aromatic carbocycles. The molecule has 0 saturated carbocycles. The Bertz CT molecular complexity index is 1250. The first-order valence-electron chi connectivity index (χ1n) is 12.5. The van der Waals surface area contributed by atoms with Crippen LogP contribution in [-0.4, -0.2) is 73.5 Å². The number of aryl methyl sites for hydroxylation is 1. The minimum Gasteiger partial charge on any atom is -0.474 e. The number of likely N-dealkylation sites (N-methyl/N-ethyl adjacent to an activating group) is 1. The van der Waals surface area contributed by atoms with Gasteiger partial charge in [0.05, 0.1) is 30.7 Å². The molecule has 3 N–H and O–H groups in total. The minimum atomic E-state index is 0.528. The maximum absolute atomic E-state index is 9.57. The number of nitrogens with one attached hydrogen (secondary N) is 3. The number of fused-ring (bicyclic) bond motifs is 2. The second-order valence-corrected chi connectivity index (χ2v) is 9.39. The van der Waals surface area contributed by atoms with Gasteiger partial charge in [-0.1, -0.05) is 0 Å². The number of carbonyl (C=O) groups is 1. The van der Waals surface area contributed by atoms with Crippen LogP contribution in [0.5, 0.6) is 5.88 Å². The number of ether oxygens (including phenoxy) is 1. The van der Waals surface area contributed by atoms with Crippen LogP contribution in [0.15, 0.2) is 30.6 Å². The van der Waals surface area contributed by atoms with Crippen molar-refractivity contribution in [3.05, 3.63) is 53.0 Å². The highest BCUT2D eigenvalue weighted by Crippen LogP contribution is 2.36. The number of rotatable bonds is 6. The third-order valence-corrected chi connectivity index (χ3v) is 6.40. The third-order valence-electron chi connectivity index (χ3n) is 6.40. The molecule has 5 rings (SSSR count). The highest BCUT2D eigenvalue weighted by atomic mass is 16.5. The van der Waals surface area contributed by atoms with E-state index in [-0.39, 0.29) is 0 Å². The molecule has 10 nitrogen and oxygen atoms in total. The van der Waals surface area contributed by atoms with Crippen LogP contribution in [0.25, 0.3) is 0 Å². The molecule has 2 aliphatic rings. The lowest BCUT2D eigenvalue weighted by Gasteiger charge is -2.32. The summed E-state index contributed by atoms with van der Waals surface area (Å²) in [5, 5.41) is 9.96. The van der Waals surface area contributed by atoms with Crippen LogP contribution in [-0.2, 0) is 17.8 Å². The number of pyridine rings is 1. The quantitative estimate of drug-likeness (QED) is 0.432. The summed E-state index contributed by atoms with van der Waals surface area (Å²) in [5.74, 6) is 1.31. The average Bonchev–Trinajstić information content (AvgIpc) is 2.89. The molecular formula is C27H36N8O2. The molecule has 196 valence electrons. The summed E-state index contributed by atoms with van der Waals surface area (Å²) in [5.41, 5.74) is 8.80. The second kappa shape index (κ2) is 11.9. The highest BCUT2D eigenvalue weighted by Gasteiger charge is 2.24. The molecule has 2 aromatic heterocycles. The molecule has 0 unspecified atom stereocenters. The van der Waals surface area contributed by atoms with Gasteiger partial charge >= 0.3 is 0 Å². The smallest absolute Gasteiger partial charge is 0.237 e. The van der Waals surface area contributed by atoms with Gasteiger partial charge in [-0.25, -0.2) is 15.0 Å². The fraction of sp³-hybridized carbons (Fsp3) is 0.407. The first-order valence-corrected chi connectivity index (χ1v) is 12.5. The summed E-state index contributed by atoms with van der Waals surface area (Å²) in [7, 11) is 5.64. The van der Waals surface area contributed by atoms with Gasteiger partial charge in [-0.15, -0.1) is 0 Å². The molecule has 2 aliphatic heterocycles. The number of anilines is 5. The Morgan fingerprint density at radius 2 is 2.05 bits per heavy atom. The molecule has 0 aliphatic carbocycles. The largest absolute Gasteiger partial charge is 0.474 e. The van der Waals surface area contributed by atoms with Crippen molar-refractivity contribution in [3.63, 3.8) is 0 Å². The van der Waals surface area contributed by atoms with E-state index < -0.39 is 0 Å². The first kappa shape index (κ1) is 26.2. The maximum Gasteiger partial charge on any atom is 0.237 e. The summed E-state index contributed by atoms with van der Waals surface area (Å²) >= 11 is 0. The normalized spacial score (nSPS) is 13.8. The number of hydrogen-bond donors (Lipinski definition) is 3. The standard InChI is InChI=1S/C23H27N7O.C4H9NO/c1-14-10-17(4-5-18(14)24-3)28-23-27-11-16-6-8-30(13-19(16)29-23)20-12-26-22-21(15(20)2)25-7-9-31-22;1-5(2)3-4-6/h4-5,10-12,24-25H,6-9,13H2,1-3H3,(H,27,28,29);4H,3H2,1-2H3. The van der Waals surface area contributed by atoms with E-state index >= 15 is 0 Å². The Kier molecular flexibility index (Phi) is 8.39. The molecule has 0 saturated heterocycles. The Morgan fingerprint density at radius 1 is 1.22 bits per heavy atom. The Morgan fingerprint density at radius 3 is 2.76 bits per heavy atom. The minimum absolute atomic E-state index is 0.528. The van der Waals surface area contributed by atoms with Crippen LogP contribution in [0.4, 0.5) is 28.7 Å². The van der Waals surface area contributed by atoms with Crippen LogP contribution < -0.4 is 25.6 Å². The van der Waals surface area contributed by atoms with E-state index in [1.54, 1.807) is 0 Å². The number of carbonyl (C=O) groups excluding carboxylic acids is 1. The Hall–Kier alpha value is -3.92. The summed E-state index contributed by atoms with van der Waals surface area (Å²) in [4.78, 5) is 27.6. The van der Waals surface area contributed by atoms with Crippen LogP contribution in [0, 0.1) is 13.8 Å². The third kappa shape index (κ3) is 6.26. The molecule has 0 fully saturated rings. The van der Waals surface area contributed by atoms with Crippen molar-refractivity contribution in [2.75, 3.05) is 68.2 Å². The topological polar surface area (TPSA) is 108 Å². The van der Waals surface area contributed by atoms with Gasteiger partial charge in [-0.2, -0.15) is 0 Å². The molecule has 0 atom stereocenters. The zero-order chi connectivity index (χ0) is 26.4. The van der Waals surface area contributed by atoms with E-state index in [1.807, 2.05) is 44.5 Å². The van der Waals surface area contributed by atoms with Gasteiger partial charge in [0.25, 0.3) is 0 Å². The predicted molar refractivity (Wildman–Crippen MR) is 148 cm³/mol. The maximum atomic E-state index is 9.57. The number of aldehydes is 1. The fourth-order valence-electron chi connectivity index (χ4n) is 4.40.